The molecule has 5 nitrogen and oxygen atoms in total. The second-order valence-electron chi connectivity index (χ2n) is 8.22. The number of hydrogen-bond acceptors (Lipinski definition) is 5. The number of carbonyl (C=O) groups excluding carboxylic acids is 1. The van der Waals surface area contributed by atoms with Crippen molar-refractivity contribution >= 4 is 23.4 Å². The van der Waals surface area contributed by atoms with Crippen molar-refractivity contribution in [2.45, 2.75) is 57.4 Å². The molecule has 1 N–H and O–H groups in total. The average Bonchev–Trinajstić information content (AvgIpc) is 3.12. The molecule has 0 bridgehead atoms. The molecule has 0 radical (unpaired) electrons. The van der Waals surface area contributed by atoms with Gasteiger partial charge in [-0.25, -0.2) is 0 Å². The van der Waals surface area contributed by atoms with Gasteiger partial charge < -0.3 is 9.73 Å². The highest BCUT2D eigenvalue weighted by atomic mass is 32.2. The number of aryl methyl sites for hydroxylation is 2. The molecule has 2 aromatic carbocycles. The first-order valence-corrected chi connectivity index (χ1v) is 10.5. The average molecular weight is 410 g/mol. The molecule has 0 fully saturated rings. The van der Waals surface area contributed by atoms with Crippen molar-refractivity contribution in [2.24, 2.45) is 0 Å². The highest BCUT2D eigenvalue weighted by Gasteiger charge is 2.20. The number of amides is 1. The van der Waals surface area contributed by atoms with Crippen molar-refractivity contribution in [1.82, 2.24) is 10.2 Å². The van der Waals surface area contributed by atoms with Crippen LogP contribution >= 0.6 is 11.8 Å². The number of para-hydroxylation sites is 1. The fourth-order valence-electron chi connectivity index (χ4n) is 2.93. The molecule has 1 amide bonds. The lowest BCUT2D eigenvalue weighted by Crippen LogP contribution is -2.23. The first kappa shape index (κ1) is 21.1. The van der Waals surface area contributed by atoms with Crippen LogP contribution in [-0.4, -0.2) is 21.4 Å². The molecular weight excluding hydrogens is 382 g/mol. The van der Waals surface area contributed by atoms with Crippen LogP contribution in [0.15, 0.2) is 52.1 Å². The SMILES string of the molecule is Cc1cccc(C)c1NC(=O)[C@@H](C)Sc1nnc(-c2ccc(C(C)(C)C)cc2)o1. The highest BCUT2D eigenvalue weighted by Crippen LogP contribution is 2.29. The molecular formula is C23H27N3O2S. The molecule has 0 saturated carbocycles. The third-order valence-electron chi connectivity index (χ3n) is 4.78. The lowest BCUT2D eigenvalue weighted by molar-refractivity contribution is -0.115. The Hall–Kier alpha value is -2.60. The summed E-state index contributed by atoms with van der Waals surface area (Å²) < 4.78 is 5.77. The summed E-state index contributed by atoms with van der Waals surface area (Å²) in [6.07, 6.45) is 0. The van der Waals surface area contributed by atoms with E-state index in [-0.39, 0.29) is 16.6 Å². The molecule has 0 aliphatic carbocycles. The predicted molar refractivity (Wildman–Crippen MR) is 118 cm³/mol. The molecule has 3 rings (SSSR count). The summed E-state index contributed by atoms with van der Waals surface area (Å²) in [7, 11) is 0. The van der Waals surface area contributed by atoms with Crippen LogP contribution in [0.4, 0.5) is 5.69 Å². The van der Waals surface area contributed by atoms with E-state index in [1.54, 1.807) is 0 Å². The molecule has 0 saturated heterocycles. The van der Waals surface area contributed by atoms with Gasteiger partial charge in [-0.15, -0.1) is 10.2 Å². The van der Waals surface area contributed by atoms with Crippen LogP contribution in [0.5, 0.6) is 0 Å². The third-order valence-corrected chi connectivity index (χ3v) is 5.71. The van der Waals surface area contributed by atoms with E-state index < -0.39 is 0 Å². The molecule has 152 valence electrons. The third kappa shape index (κ3) is 5.07. The molecule has 1 aromatic heterocycles. The van der Waals surface area contributed by atoms with Crippen LogP contribution in [0.2, 0.25) is 0 Å². The van der Waals surface area contributed by atoms with E-state index in [1.807, 2.05) is 51.1 Å². The minimum absolute atomic E-state index is 0.0899. The molecule has 1 heterocycles. The lowest BCUT2D eigenvalue weighted by Gasteiger charge is -2.18. The molecule has 1 atom stereocenters. The van der Waals surface area contributed by atoms with Crippen molar-refractivity contribution in [1.29, 1.82) is 0 Å². The number of nitrogens with one attached hydrogen (secondary N) is 1. The van der Waals surface area contributed by atoms with Gasteiger partial charge in [0.1, 0.15) is 0 Å². The molecule has 6 heteroatoms. The summed E-state index contributed by atoms with van der Waals surface area (Å²) in [5.74, 6) is 0.358. The summed E-state index contributed by atoms with van der Waals surface area (Å²) in [6.45, 7) is 12.3. The zero-order valence-electron chi connectivity index (χ0n) is 17.7. The summed E-state index contributed by atoms with van der Waals surface area (Å²) in [6, 6.07) is 14.1. The van der Waals surface area contributed by atoms with Gasteiger partial charge in [-0.05, 0) is 55.0 Å². The van der Waals surface area contributed by atoms with E-state index in [9.17, 15) is 4.79 Å². The Labute approximate surface area is 176 Å². The van der Waals surface area contributed by atoms with Crippen molar-refractivity contribution in [2.75, 3.05) is 5.32 Å². The molecule has 0 aliphatic rings. The van der Waals surface area contributed by atoms with Gasteiger partial charge >= 0.3 is 0 Å². The Morgan fingerprint density at radius 1 is 1.03 bits per heavy atom. The number of anilines is 1. The van der Waals surface area contributed by atoms with Gasteiger partial charge in [0.2, 0.25) is 11.8 Å². The topological polar surface area (TPSA) is 68.0 Å². The van der Waals surface area contributed by atoms with Crippen LogP contribution in [0.3, 0.4) is 0 Å². The van der Waals surface area contributed by atoms with Crippen LogP contribution in [0, 0.1) is 13.8 Å². The monoisotopic (exact) mass is 409 g/mol. The number of thioether (sulfide) groups is 1. The van der Waals surface area contributed by atoms with Gasteiger partial charge in [-0.3, -0.25) is 4.79 Å². The van der Waals surface area contributed by atoms with Gasteiger partial charge in [0.05, 0.1) is 5.25 Å². The van der Waals surface area contributed by atoms with E-state index >= 15 is 0 Å². The van der Waals surface area contributed by atoms with Gasteiger partial charge in [0, 0.05) is 11.3 Å². The summed E-state index contributed by atoms with van der Waals surface area (Å²) >= 11 is 1.25. The van der Waals surface area contributed by atoms with E-state index in [0.717, 1.165) is 22.4 Å². The predicted octanol–water partition coefficient (Wildman–Crippen LogP) is 5.77. The van der Waals surface area contributed by atoms with Crippen molar-refractivity contribution in [3.8, 4) is 11.5 Å². The quantitative estimate of drug-likeness (QED) is 0.542. The maximum absolute atomic E-state index is 12.6. The fourth-order valence-corrected chi connectivity index (χ4v) is 3.61. The normalized spacial score (nSPS) is 12.6. The van der Waals surface area contributed by atoms with Crippen molar-refractivity contribution in [3.63, 3.8) is 0 Å². The fraction of sp³-hybridized carbons (Fsp3) is 0.348. The Morgan fingerprint density at radius 3 is 2.24 bits per heavy atom. The smallest absolute Gasteiger partial charge is 0.277 e. The molecule has 3 aromatic rings. The van der Waals surface area contributed by atoms with E-state index in [2.05, 4.69) is 48.4 Å². The van der Waals surface area contributed by atoms with Gasteiger partial charge in [0.15, 0.2) is 0 Å². The first-order valence-electron chi connectivity index (χ1n) is 9.63. The number of benzene rings is 2. The minimum Gasteiger partial charge on any atom is -0.411 e. The Balaban J connectivity index is 1.67. The van der Waals surface area contributed by atoms with Crippen LogP contribution in [-0.2, 0) is 10.2 Å². The second kappa shape index (κ2) is 8.41. The largest absolute Gasteiger partial charge is 0.411 e. The second-order valence-corrected chi connectivity index (χ2v) is 9.51. The number of aromatic nitrogens is 2. The molecule has 0 unspecified atom stereocenters. The standard InChI is InChI=1S/C23H27N3O2S/c1-14-8-7-9-15(2)19(14)24-20(27)16(3)29-22-26-25-21(28-22)17-10-12-18(13-11-17)23(4,5)6/h7-13,16H,1-6H3,(H,24,27)/t16-/m1/s1. The minimum atomic E-state index is -0.370. The molecule has 0 spiro atoms. The van der Waals surface area contributed by atoms with Crippen molar-refractivity contribution < 1.29 is 9.21 Å². The van der Waals surface area contributed by atoms with Crippen LogP contribution < -0.4 is 5.32 Å². The van der Waals surface area contributed by atoms with Crippen LogP contribution in [0.1, 0.15) is 44.4 Å². The Morgan fingerprint density at radius 2 is 1.66 bits per heavy atom. The Kier molecular flexibility index (Phi) is 6.13. The summed E-state index contributed by atoms with van der Waals surface area (Å²) in [5, 5.41) is 11.2. The maximum Gasteiger partial charge on any atom is 0.277 e. The highest BCUT2D eigenvalue weighted by molar-refractivity contribution is 8.00. The molecule has 29 heavy (non-hydrogen) atoms. The number of hydrogen-bond donors (Lipinski definition) is 1. The van der Waals surface area contributed by atoms with E-state index in [4.69, 9.17) is 4.42 Å². The number of carbonyl (C=O) groups is 1. The molecule has 0 aliphatic heterocycles. The zero-order chi connectivity index (χ0) is 21.2. The number of rotatable bonds is 5. The van der Waals surface area contributed by atoms with E-state index in [0.29, 0.717) is 11.1 Å². The van der Waals surface area contributed by atoms with Gasteiger partial charge in [-0.2, -0.15) is 0 Å². The number of nitrogens with zero attached hydrogens (tertiary/aromatic N) is 2. The van der Waals surface area contributed by atoms with E-state index in [1.165, 1.54) is 17.3 Å². The van der Waals surface area contributed by atoms with Crippen molar-refractivity contribution in [3.05, 3.63) is 59.2 Å². The Bertz CT molecular complexity index is 983. The maximum atomic E-state index is 12.6. The van der Waals surface area contributed by atoms with Crippen LogP contribution in [0.25, 0.3) is 11.5 Å². The van der Waals surface area contributed by atoms with Gasteiger partial charge in [0.25, 0.3) is 5.22 Å². The summed E-state index contributed by atoms with van der Waals surface area (Å²) in [5.41, 5.74) is 5.13. The summed E-state index contributed by atoms with van der Waals surface area (Å²) in [4.78, 5) is 12.6. The zero-order valence-corrected chi connectivity index (χ0v) is 18.6. The van der Waals surface area contributed by atoms with Gasteiger partial charge in [-0.1, -0.05) is 62.9 Å². The lowest BCUT2D eigenvalue weighted by atomic mass is 9.87. The first-order chi connectivity index (χ1) is 13.6.